The van der Waals surface area contributed by atoms with E-state index in [1.54, 1.807) is 25.7 Å². The molecule has 0 saturated carbocycles. The van der Waals surface area contributed by atoms with Crippen molar-refractivity contribution in [2.75, 3.05) is 31.1 Å². The highest BCUT2D eigenvalue weighted by molar-refractivity contribution is 5.91. The van der Waals surface area contributed by atoms with Crippen molar-refractivity contribution in [1.29, 1.82) is 0 Å². The number of likely N-dealkylation sites (tertiary alicyclic amines) is 1. The maximum absolute atomic E-state index is 12.7. The van der Waals surface area contributed by atoms with Gasteiger partial charge in [-0.3, -0.25) is 9.69 Å². The predicted octanol–water partition coefficient (Wildman–Crippen LogP) is 4.46. The van der Waals surface area contributed by atoms with Crippen LogP contribution < -0.4 is 10.3 Å². The Labute approximate surface area is 219 Å². The van der Waals surface area contributed by atoms with Crippen LogP contribution in [0.25, 0.3) is 0 Å². The molecule has 204 valence electrons. The Hall–Kier alpha value is -3.14. The molecule has 37 heavy (non-hydrogen) atoms. The second kappa shape index (κ2) is 11.5. The minimum atomic E-state index is -0.625. The van der Waals surface area contributed by atoms with Crippen molar-refractivity contribution in [2.24, 2.45) is 5.10 Å². The zero-order valence-electron chi connectivity index (χ0n) is 22.8. The van der Waals surface area contributed by atoms with Crippen LogP contribution in [-0.4, -0.2) is 72.3 Å². The van der Waals surface area contributed by atoms with Crippen LogP contribution in [-0.2, 0) is 19.0 Å². The van der Waals surface area contributed by atoms with E-state index >= 15 is 0 Å². The first kappa shape index (κ1) is 28.4. The van der Waals surface area contributed by atoms with Crippen LogP contribution >= 0.6 is 0 Å². The van der Waals surface area contributed by atoms with Crippen LogP contribution in [0.3, 0.4) is 0 Å². The van der Waals surface area contributed by atoms with E-state index < -0.39 is 22.9 Å². The van der Waals surface area contributed by atoms with Gasteiger partial charge in [-0.05, 0) is 72.2 Å². The number of rotatable bonds is 7. The molecule has 0 unspecified atom stereocenters. The minimum Gasteiger partial charge on any atom is -0.460 e. The Morgan fingerprint density at radius 3 is 2.27 bits per heavy atom. The smallest absolute Gasteiger partial charge is 0.428 e. The molecule has 0 aromatic heterocycles. The number of anilines is 1. The SMILES string of the molecule is CC(C)(C)OC(=O)CCCN1CCC2(CC1)CN(c1ccc(C=NNC(=O)OC(C)(C)C)cc1)C(=O)O2. The molecule has 0 aliphatic carbocycles. The molecule has 0 atom stereocenters. The molecule has 10 heteroatoms. The largest absolute Gasteiger partial charge is 0.460 e. The van der Waals surface area contributed by atoms with Crippen molar-refractivity contribution in [3.8, 4) is 0 Å². The summed E-state index contributed by atoms with van der Waals surface area (Å²) in [5.74, 6) is -0.169. The Bertz CT molecular complexity index is 986. The Kier molecular flexibility index (Phi) is 8.84. The molecule has 2 fully saturated rings. The molecule has 3 rings (SSSR count). The van der Waals surface area contributed by atoms with Gasteiger partial charge < -0.3 is 19.1 Å². The van der Waals surface area contributed by atoms with E-state index in [2.05, 4.69) is 15.4 Å². The number of hydrogen-bond acceptors (Lipinski definition) is 8. The third-order valence-electron chi connectivity index (χ3n) is 5.99. The molecule has 1 aromatic rings. The standard InChI is InChI=1S/C27H40N4O6/c1-25(2,3)35-22(32)8-7-15-30-16-13-27(14-17-30)19-31(24(34)37-27)21-11-9-20(10-12-21)18-28-29-23(33)36-26(4,5)6/h9-12,18H,7-8,13-17,19H2,1-6H3,(H,29,33). The molecule has 0 bridgehead atoms. The lowest BCUT2D eigenvalue weighted by Gasteiger charge is -2.37. The number of benzene rings is 1. The topological polar surface area (TPSA) is 110 Å². The van der Waals surface area contributed by atoms with Crippen LogP contribution in [0.1, 0.15) is 72.8 Å². The van der Waals surface area contributed by atoms with Gasteiger partial charge in [-0.15, -0.1) is 0 Å². The number of ether oxygens (including phenoxy) is 3. The van der Waals surface area contributed by atoms with Crippen molar-refractivity contribution in [3.05, 3.63) is 29.8 Å². The molecule has 10 nitrogen and oxygen atoms in total. The van der Waals surface area contributed by atoms with Gasteiger partial charge in [0.05, 0.1) is 12.8 Å². The second-order valence-electron chi connectivity index (χ2n) is 11.6. The van der Waals surface area contributed by atoms with Gasteiger partial charge in [-0.1, -0.05) is 12.1 Å². The predicted molar refractivity (Wildman–Crippen MR) is 141 cm³/mol. The number of carbonyl (C=O) groups excluding carboxylic acids is 3. The normalized spacial score (nSPS) is 18.2. The molecule has 1 aromatic carbocycles. The first-order chi connectivity index (χ1) is 17.2. The van der Waals surface area contributed by atoms with E-state index in [1.165, 1.54) is 6.21 Å². The summed E-state index contributed by atoms with van der Waals surface area (Å²) in [5.41, 5.74) is 2.30. The Balaban J connectivity index is 1.45. The second-order valence-corrected chi connectivity index (χ2v) is 11.6. The van der Waals surface area contributed by atoms with Crippen molar-refractivity contribution in [3.63, 3.8) is 0 Å². The Morgan fingerprint density at radius 1 is 1.05 bits per heavy atom. The lowest BCUT2D eigenvalue weighted by Crippen LogP contribution is -2.47. The fraction of sp³-hybridized carbons (Fsp3) is 0.630. The Morgan fingerprint density at radius 2 is 1.68 bits per heavy atom. The highest BCUT2D eigenvalue weighted by atomic mass is 16.6. The van der Waals surface area contributed by atoms with E-state index in [9.17, 15) is 14.4 Å². The summed E-state index contributed by atoms with van der Waals surface area (Å²) in [6.45, 7) is 13.9. The molecule has 1 spiro atoms. The van der Waals surface area contributed by atoms with Crippen LogP contribution in [0, 0.1) is 0 Å². The first-order valence-corrected chi connectivity index (χ1v) is 12.8. The number of esters is 1. The molecule has 2 aliphatic heterocycles. The summed E-state index contributed by atoms with van der Waals surface area (Å²) in [6, 6.07) is 7.31. The van der Waals surface area contributed by atoms with Gasteiger partial charge in [0.1, 0.15) is 16.8 Å². The summed E-state index contributed by atoms with van der Waals surface area (Å²) in [6.07, 6.45) is 3.20. The number of hydrogen-bond donors (Lipinski definition) is 1. The van der Waals surface area contributed by atoms with Crippen molar-refractivity contribution >= 4 is 30.1 Å². The lowest BCUT2D eigenvalue weighted by atomic mass is 9.91. The average molecular weight is 517 g/mol. The summed E-state index contributed by atoms with van der Waals surface area (Å²) in [7, 11) is 0. The summed E-state index contributed by atoms with van der Waals surface area (Å²) >= 11 is 0. The summed E-state index contributed by atoms with van der Waals surface area (Å²) in [5, 5.41) is 3.90. The van der Waals surface area contributed by atoms with Gasteiger partial charge in [0.15, 0.2) is 0 Å². The third-order valence-corrected chi connectivity index (χ3v) is 5.99. The highest BCUT2D eigenvalue weighted by Gasteiger charge is 2.47. The van der Waals surface area contributed by atoms with Gasteiger partial charge in [0.25, 0.3) is 0 Å². The number of nitrogens with zero attached hydrogens (tertiary/aromatic N) is 3. The quantitative estimate of drug-likeness (QED) is 0.247. The highest BCUT2D eigenvalue weighted by Crippen LogP contribution is 2.35. The molecule has 1 N–H and O–H groups in total. The van der Waals surface area contributed by atoms with Crippen LogP contribution in [0.15, 0.2) is 29.4 Å². The first-order valence-electron chi connectivity index (χ1n) is 12.8. The minimum absolute atomic E-state index is 0.169. The molecule has 2 heterocycles. The van der Waals surface area contributed by atoms with Gasteiger partial charge in [0.2, 0.25) is 0 Å². The molecular formula is C27H40N4O6. The molecule has 0 radical (unpaired) electrons. The number of nitrogens with one attached hydrogen (secondary N) is 1. The van der Waals surface area contributed by atoms with E-state index in [0.29, 0.717) is 13.0 Å². The number of carbonyl (C=O) groups is 3. The van der Waals surface area contributed by atoms with Gasteiger partial charge in [-0.2, -0.15) is 5.10 Å². The fourth-order valence-corrected chi connectivity index (χ4v) is 4.31. The molecule has 2 aliphatic rings. The number of piperidine rings is 1. The third kappa shape index (κ3) is 9.03. The molecule has 2 saturated heterocycles. The van der Waals surface area contributed by atoms with Gasteiger partial charge in [-0.25, -0.2) is 15.0 Å². The van der Waals surface area contributed by atoms with Crippen molar-refractivity contribution < 1.29 is 28.6 Å². The lowest BCUT2D eigenvalue weighted by molar-refractivity contribution is -0.155. The number of amides is 2. The van der Waals surface area contributed by atoms with Crippen LogP contribution in [0.5, 0.6) is 0 Å². The van der Waals surface area contributed by atoms with E-state index in [1.807, 2.05) is 45.0 Å². The van der Waals surface area contributed by atoms with Crippen molar-refractivity contribution in [2.45, 2.75) is 84.0 Å². The van der Waals surface area contributed by atoms with Crippen LogP contribution in [0.2, 0.25) is 0 Å². The van der Waals surface area contributed by atoms with E-state index in [0.717, 1.165) is 50.1 Å². The van der Waals surface area contributed by atoms with E-state index in [4.69, 9.17) is 14.2 Å². The average Bonchev–Trinajstić information content (AvgIpc) is 3.09. The maximum Gasteiger partial charge on any atom is 0.428 e. The van der Waals surface area contributed by atoms with Gasteiger partial charge in [0, 0.05) is 38.0 Å². The zero-order chi connectivity index (χ0) is 27.3. The van der Waals surface area contributed by atoms with Gasteiger partial charge >= 0.3 is 18.2 Å². The van der Waals surface area contributed by atoms with E-state index in [-0.39, 0.29) is 12.1 Å². The van der Waals surface area contributed by atoms with Crippen LogP contribution in [0.4, 0.5) is 15.3 Å². The summed E-state index contributed by atoms with van der Waals surface area (Å²) < 4.78 is 16.4. The molecular weight excluding hydrogens is 476 g/mol. The number of hydrazone groups is 1. The monoisotopic (exact) mass is 516 g/mol. The fourth-order valence-electron chi connectivity index (χ4n) is 4.31. The molecule has 2 amide bonds. The zero-order valence-corrected chi connectivity index (χ0v) is 22.8. The maximum atomic E-state index is 12.7. The van der Waals surface area contributed by atoms with Crippen molar-refractivity contribution in [1.82, 2.24) is 10.3 Å². The summed E-state index contributed by atoms with van der Waals surface area (Å²) in [4.78, 5) is 40.3.